The summed E-state index contributed by atoms with van der Waals surface area (Å²) in [5.74, 6) is 0.521. The number of para-hydroxylation sites is 2. The van der Waals surface area contributed by atoms with E-state index in [1.807, 2.05) is 69.6 Å². The average molecular weight is 490 g/mol. The first-order chi connectivity index (χ1) is 17.4. The normalized spacial score (nSPS) is 10.7. The quantitative estimate of drug-likeness (QED) is 0.333. The van der Waals surface area contributed by atoms with Crippen LogP contribution in [0.15, 0.2) is 72.8 Å². The largest absolute Gasteiger partial charge is 0.494 e. The minimum Gasteiger partial charge on any atom is -0.494 e. The van der Waals surface area contributed by atoms with Crippen molar-refractivity contribution in [1.82, 2.24) is 9.80 Å². The van der Waals surface area contributed by atoms with Gasteiger partial charge in [0.1, 0.15) is 5.75 Å². The number of hydrogen-bond donors (Lipinski definition) is 3. The molecule has 0 unspecified atom stereocenters. The predicted molar refractivity (Wildman–Crippen MR) is 145 cm³/mol. The number of ether oxygens (including phenoxy) is 1. The molecule has 0 atom stereocenters. The van der Waals surface area contributed by atoms with E-state index in [1.165, 1.54) is 0 Å². The van der Waals surface area contributed by atoms with Crippen molar-refractivity contribution in [1.29, 1.82) is 0 Å². The summed E-state index contributed by atoms with van der Waals surface area (Å²) in [7, 11) is 4.02. The fourth-order valence-electron chi connectivity index (χ4n) is 3.62. The zero-order valence-electron chi connectivity index (χ0n) is 21.2. The molecule has 0 spiro atoms. The number of nitrogens with one attached hydrogen (secondary N) is 2. The Labute approximate surface area is 213 Å². The summed E-state index contributed by atoms with van der Waals surface area (Å²) in [5, 5.41) is 5.80. The van der Waals surface area contributed by atoms with Crippen LogP contribution in [0.1, 0.15) is 29.3 Å². The molecule has 3 aromatic carbocycles. The van der Waals surface area contributed by atoms with Crippen LogP contribution >= 0.6 is 0 Å². The van der Waals surface area contributed by atoms with Gasteiger partial charge in [-0.15, -0.1) is 0 Å². The number of nitrogens with two attached hydrogens (primary N) is 1. The molecule has 3 aromatic rings. The molecule has 0 aliphatic heterocycles. The van der Waals surface area contributed by atoms with Crippen molar-refractivity contribution < 1.29 is 14.3 Å². The van der Waals surface area contributed by atoms with Crippen molar-refractivity contribution in [3.05, 3.63) is 83.9 Å². The predicted octanol–water partition coefficient (Wildman–Crippen LogP) is 4.91. The molecule has 8 nitrogen and oxygen atoms in total. The van der Waals surface area contributed by atoms with E-state index in [-0.39, 0.29) is 11.9 Å². The second-order valence-electron chi connectivity index (χ2n) is 8.70. The molecule has 0 saturated heterocycles. The summed E-state index contributed by atoms with van der Waals surface area (Å²) in [6, 6.07) is 21.5. The minimum absolute atomic E-state index is 0.181. The molecular formula is C28H35N5O3. The number of nitrogens with zero attached hydrogens (tertiary/aromatic N) is 2. The first-order valence-electron chi connectivity index (χ1n) is 12.0. The highest BCUT2D eigenvalue weighted by Crippen LogP contribution is 2.19. The standard InChI is InChI=1S/C28H35N5O3/c1-4-36-24-16-14-23(15-17-24)30-28(35)33(19-7-18-32(2)3)20-21-10-12-22(13-11-21)27(34)31-26-9-6-5-8-25(26)29/h5-6,8-17H,4,7,18-20,29H2,1-3H3,(H,30,35)(H,31,34). The molecule has 0 aromatic heterocycles. The summed E-state index contributed by atoms with van der Waals surface area (Å²) < 4.78 is 5.47. The van der Waals surface area contributed by atoms with Gasteiger partial charge >= 0.3 is 6.03 Å². The first kappa shape index (κ1) is 26.6. The van der Waals surface area contributed by atoms with Crippen LogP contribution in [0.3, 0.4) is 0 Å². The lowest BCUT2D eigenvalue weighted by molar-refractivity contribution is 0.102. The first-order valence-corrected chi connectivity index (χ1v) is 12.0. The molecule has 0 bridgehead atoms. The van der Waals surface area contributed by atoms with Gasteiger partial charge in [-0.1, -0.05) is 24.3 Å². The average Bonchev–Trinajstić information content (AvgIpc) is 2.86. The Morgan fingerprint density at radius 2 is 1.58 bits per heavy atom. The van der Waals surface area contributed by atoms with Crippen LogP contribution in [0, 0.1) is 0 Å². The van der Waals surface area contributed by atoms with Gasteiger partial charge in [-0.2, -0.15) is 0 Å². The summed E-state index contributed by atoms with van der Waals surface area (Å²) >= 11 is 0. The molecule has 0 saturated carbocycles. The van der Waals surface area contributed by atoms with Crippen LogP contribution in [-0.4, -0.2) is 55.5 Å². The maximum atomic E-state index is 13.1. The highest BCUT2D eigenvalue weighted by atomic mass is 16.5. The fourth-order valence-corrected chi connectivity index (χ4v) is 3.62. The molecule has 0 fully saturated rings. The zero-order valence-corrected chi connectivity index (χ0v) is 21.2. The molecule has 8 heteroatoms. The van der Waals surface area contributed by atoms with Crippen molar-refractivity contribution in [3.63, 3.8) is 0 Å². The molecule has 190 valence electrons. The van der Waals surface area contributed by atoms with Crippen LogP contribution < -0.4 is 21.1 Å². The molecular weight excluding hydrogens is 454 g/mol. The smallest absolute Gasteiger partial charge is 0.322 e. The minimum atomic E-state index is -0.240. The maximum Gasteiger partial charge on any atom is 0.322 e. The van der Waals surface area contributed by atoms with Gasteiger partial charge in [-0.05, 0) is 88.1 Å². The van der Waals surface area contributed by atoms with Gasteiger partial charge in [-0.25, -0.2) is 4.79 Å². The van der Waals surface area contributed by atoms with Crippen LogP contribution in [0.2, 0.25) is 0 Å². The van der Waals surface area contributed by atoms with E-state index < -0.39 is 0 Å². The van der Waals surface area contributed by atoms with Gasteiger partial charge in [0.05, 0.1) is 18.0 Å². The third-order valence-electron chi connectivity index (χ3n) is 5.54. The Hall–Kier alpha value is -4.04. The molecule has 4 N–H and O–H groups in total. The molecule has 0 aliphatic carbocycles. The second-order valence-corrected chi connectivity index (χ2v) is 8.70. The summed E-state index contributed by atoms with van der Waals surface area (Å²) in [6.45, 7) is 4.40. The number of nitrogen functional groups attached to an aromatic ring is 1. The lowest BCUT2D eigenvalue weighted by Gasteiger charge is -2.24. The van der Waals surface area contributed by atoms with Gasteiger partial charge in [0.25, 0.3) is 5.91 Å². The number of benzene rings is 3. The number of urea groups is 1. The Morgan fingerprint density at radius 3 is 2.22 bits per heavy atom. The lowest BCUT2D eigenvalue weighted by Crippen LogP contribution is -2.36. The van der Waals surface area contributed by atoms with Gasteiger partial charge in [0.15, 0.2) is 0 Å². The number of hydrogen-bond acceptors (Lipinski definition) is 5. The molecule has 0 heterocycles. The third-order valence-corrected chi connectivity index (χ3v) is 5.54. The number of anilines is 3. The number of rotatable bonds is 11. The zero-order chi connectivity index (χ0) is 25.9. The van der Waals surface area contributed by atoms with Gasteiger partial charge in [0.2, 0.25) is 0 Å². The molecule has 3 amide bonds. The van der Waals surface area contributed by atoms with Gasteiger partial charge < -0.3 is 30.9 Å². The highest BCUT2D eigenvalue weighted by molar-refractivity contribution is 6.05. The van der Waals surface area contributed by atoms with Crippen LogP contribution in [0.4, 0.5) is 21.9 Å². The maximum absolute atomic E-state index is 13.1. The molecule has 3 rings (SSSR count). The number of carbonyl (C=O) groups excluding carboxylic acids is 2. The topological polar surface area (TPSA) is 99.9 Å². The van der Waals surface area contributed by atoms with Crippen molar-refractivity contribution in [2.75, 3.05) is 50.2 Å². The monoisotopic (exact) mass is 489 g/mol. The second kappa shape index (κ2) is 13.2. The molecule has 36 heavy (non-hydrogen) atoms. The number of carbonyl (C=O) groups is 2. The number of amides is 3. The van der Waals surface area contributed by atoms with E-state index in [2.05, 4.69) is 15.5 Å². The Bertz CT molecular complexity index is 1130. The van der Waals surface area contributed by atoms with Crippen molar-refractivity contribution in [2.24, 2.45) is 0 Å². The van der Waals surface area contributed by atoms with E-state index >= 15 is 0 Å². The molecule has 0 aliphatic rings. The van der Waals surface area contributed by atoms with Gasteiger partial charge in [-0.3, -0.25) is 4.79 Å². The van der Waals surface area contributed by atoms with Crippen LogP contribution in [0.5, 0.6) is 5.75 Å². The molecule has 0 radical (unpaired) electrons. The highest BCUT2D eigenvalue weighted by Gasteiger charge is 2.15. The Morgan fingerprint density at radius 1 is 0.889 bits per heavy atom. The van der Waals surface area contributed by atoms with Crippen molar-refractivity contribution in [2.45, 2.75) is 19.9 Å². The van der Waals surface area contributed by atoms with Crippen molar-refractivity contribution >= 4 is 29.0 Å². The van der Waals surface area contributed by atoms with E-state index in [0.717, 1.165) is 24.3 Å². The Balaban J connectivity index is 1.66. The van der Waals surface area contributed by atoms with E-state index in [0.29, 0.717) is 42.3 Å². The fraction of sp³-hybridized carbons (Fsp3) is 0.286. The lowest BCUT2D eigenvalue weighted by atomic mass is 10.1. The van der Waals surface area contributed by atoms with Crippen molar-refractivity contribution in [3.8, 4) is 5.75 Å². The summed E-state index contributed by atoms with van der Waals surface area (Å²) in [4.78, 5) is 29.6. The SMILES string of the molecule is CCOc1ccc(NC(=O)N(CCCN(C)C)Cc2ccc(C(=O)Nc3ccccc3N)cc2)cc1. The van der Waals surface area contributed by atoms with E-state index in [1.54, 1.807) is 29.2 Å². The van der Waals surface area contributed by atoms with Crippen LogP contribution in [-0.2, 0) is 6.54 Å². The van der Waals surface area contributed by atoms with E-state index in [4.69, 9.17) is 10.5 Å². The summed E-state index contributed by atoms with van der Waals surface area (Å²) in [6.07, 6.45) is 0.836. The Kier molecular flexibility index (Phi) is 9.71. The van der Waals surface area contributed by atoms with E-state index in [9.17, 15) is 9.59 Å². The van der Waals surface area contributed by atoms with Gasteiger partial charge in [0, 0.05) is 24.3 Å². The van der Waals surface area contributed by atoms with Crippen LogP contribution in [0.25, 0.3) is 0 Å². The third kappa shape index (κ3) is 8.02. The summed E-state index contributed by atoms with van der Waals surface area (Å²) in [5.41, 5.74) is 9.15.